The lowest BCUT2D eigenvalue weighted by molar-refractivity contribution is -0.313. The third kappa shape index (κ3) is 5.40. The lowest BCUT2D eigenvalue weighted by atomic mass is 9.55. The number of methoxy groups -OCH3 is 1. The molecule has 0 aromatic carbocycles. The Bertz CT molecular complexity index is 1200. The second-order valence-electron chi connectivity index (χ2n) is 13.3. The third-order valence-corrected chi connectivity index (χ3v) is 10.6. The maximum Gasteiger partial charge on any atom is 0.309 e. The number of ether oxygens (including phenoxy) is 8. The first-order valence-electron chi connectivity index (χ1n) is 15.5. The molecular formula is C32H44O11. The van der Waals surface area contributed by atoms with Crippen molar-refractivity contribution in [3.8, 4) is 0 Å². The molecule has 12 atom stereocenters. The molecule has 0 bridgehead atoms. The van der Waals surface area contributed by atoms with Gasteiger partial charge in [0.1, 0.15) is 12.2 Å². The lowest BCUT2D eigenvalue weighted by Crippen LogP contribution is -2.61. The highest BCUT2D eigenvalue weighted by molar-refractivity contribution is 5.74. The summed E-state index contributed by atoms with van der Waals surface area (Å²) in [5.74, 6) is -2.06. The predicted octanol–water partition coefficient (Wildman–Crippen LogP) is 3.73. The van der Waals surface area contributed by atoms with Crippen LogP contribution in [0.15, 0.2) is 23.5 Å². The quantitative estimate of drug-likeness (QED) is 0.259. The summed E-state index contributed by atoms with van der Waals surface area (Å²) in [7, 11) is 1.48. The fraction of sp³-hybridized carbons (Fsp3) is 0.781. The zero-order valence-electron chi connectivity index (χ0n) is 25.9. The number of hydrogen-bond donors (Lipinski definition) is 0. The number of rotatable bonds is 5. The van der Waals surface area contributed by atoms with Gasteiger partial charge >= 0.3 is 17.9 Å². The molecule has 3 saturated heterocycles. The second kappa shape index (κ2) is 11.5. The Kier molecular flexibility index (Phi) is 8.15. The monoisotopic (exact) mass is 604 g/mol. The Morgan fingerprint density at radius 3 is 2.51 bits per heavy atom. The number of hydrogen-bond acceptors (Lipinski definition) is 11. The van der Waals surface area contributed by atoms with Gasteiger partial charge < -0.3 is 37.9 Å². The molecule has 1 saturated carbocycles. The summed E-state index contributed by atoms with van der Waals surface area (Å²) in [6.45, 7) is 8.96. The highest BCUT2D eigenvalue weighted by Crippen LogP contribution is 2.57. The summed E-state index contributed by atoms with van der Waals surface area (Å²) in [6.07, 6.45) is 4.19. The molecule has 6 aliphatic rings. The van der Waals surface area contributed by atoms with Crippen molar-refractivity contribution in [2.24, 2.45) is 23.2 Å². The standard InChI is InChI=1S/C32H44O11/c1-16-26(40-17(2)33)27(36-6)28(41-18(3)34)30(39-16)42-21-11-12-31(4)20(13-21)8-9-22-23(31)10-7-19-14-37-32(5)25(19)24(15-38-32)43-29(22)35/h8,14,16,21-28,30H,7,9-13,15H2,1-6H3. The van der Waals surface area contributed by atoms with Gasteiger partial charge in [0.05, 0.1) is 36.9 Å². The Morgan fingerprint density at radius 2 is 1.79 bits per heavy atom. The number of carbonyl (C=O) groups is 3. The van der Waals surface area contributed by atoms with Crippen molar-refractivity contribution in [2.45, 2.75) is 122 Å². The minimum absolute atomic E-state index is 0.0691. The molecule has 0 aromatic rings. The average Bonchev–Trinajstić information content (AvgIpc) is 3.45. The normalized spacial score (nSPS) is 45.4. The van der Waals surface area contributed by atoms with E-state index in [1.807, 2.05) is 13.2 Å². The van der Waals surface area contributed by atoms with Crippen LogP contribution in [0.3, 0.4) is 0 Å². The van der Waals surface area contributed by atoms with Crippen molar-refractivity contribution in [2.75, 3.05) is 13.7 Å². The van der Waals surface area contributed by atoms with E-state index in [9.17, 15) is 14.4 Å². The first-order valence-corrected chi connectivity index (χ1v) is 15.5. The zero-order valence-corrected chi connectivity index (χ0v) is 25.9. The summed E-state index contributed by atoms with van der Waals surface area (Å²) < 4.78 is 47.4. The van der Waals surface area contributed by atoms with Crippen LogP contribution in [0.2, 0.25) is 0 Å². The molecule has 12 unspecified atom stereocenters. The summed E-state index contributed by atoms with van der Waals surface area (Å²) >= 11 is 0. The van der Waals surface area contributed by atoms with Crippen LogP contribution in [0.25, 0.3) is 0 Å². The summed E-state index contributed by atoms with van der Waals surface area (Å²) in [6, 6.07) is 0. The number of esters is 3. The smallest absolute Gasteiger partial charge is 0.309 e. The fourth-order valence-electron chi connectivity index (χ4n) is 8.52. The Hall–Kier alpha value is -2.47. The van der Waals surface area contributed by atoms with Crippen LogP contribution < -0.4 is 0 Å². The molecule has 238 valence electrons. The van der Waals surface area contributed by atoms with Gasteiger partial charge in [-0.15, -0.1) is 0 Å². The van der Waals surface area contributed by atoms with Gasteiger partial charge in [0, 0.05) is 27.9 Å². The molecule has 11 heteroatoms. The molecule has 4 aliphatic heterocycles. The van der Waals surface area contributed by atoms with Gasteiger partial charge in [-0.25, -0.2) is 0 Å². The van der Waals surface area contributed by atoms with E-state index in [0.29, 0.717) is 19.4 Å². The van der Waals surface area contributed by atoms with Crippen LogP contribution in [0.4, 0.5) is 0 Å². The molecule has 43 heavy (non-hydrogen) atoms. The van der Waals surface area contributed by atoms with Crippen molar-refractivity contribution in [3.63, 3.8) is 0 Å². The molecule has 4 fully saturated rings. The predicted molar refractivity (Wildman–Crippen MR) is 149 cm³/mol. The Balaban J connectivity index is 1.19. The number of fused-ring (bicyclic) bond motifs is 3. The first kappa shape index (κ1) is 30.6. The van der Waals surface area contributed by atoms with E-state index in [1.165, 1.54) is 26.5 Å². The Morgan fingerprint density at radius 1 is 1.05 bits per heavy atom. The third-order valence-electron chi connectivity index (χ3n) is 10.6. The summed E-state index contributed by atoms with van der Waals surface area (Å²) in [5, 5.41) is 0. The number of carbonyl (C=O) groups excluding carboxylic acids is 3. The molecule has 0 amide bonds. The van der Waals surface area contributed by atoms with E-state index >= 15 is 0 Å². The second-order valence-corrected chi connectivity index (χ2v) is 13.3. The SMILES string of the molecule is COC1C(OC(C)=O)C(C)OC(OC2CCC3(C)C(=CCC4C(=O)OC5COC6(C)OC=C(CCC43)C56)C2)C1OC(C)=O. The van der Waals surface area contributed by atoms with E-state index in [2.05, 4.69) is 13.0 Å². The van der Waals surface area contributed by atoms with Gasteiger partial charge in [0.2, 0.25) is 5.79 Å². The molecule has 0 radical (unpaired) electrons. The van der Waals surface area contributed by atoms with Crippen LogP contribution >= 0.6 is 0 Å². The minimum atomic E-state index is -0.916. The summed E-state index contributed by atoms with van der Waals surface area (Å²) in [5.41, 5.74) is 2.25. The largest absolute Gasteiger partial charge is 0.469 e. The van der Waals surface area contributed by atoms with Crippen molar-refractivity contribution in [1.82, 2.24) is 0 Å². The van der Waals surface area contributed by atoms with Crippen molar-refractivity contribution >= 4 is 17.9 Å². The van der Waals surface area contributed by atoms with Crippen molar-refractivity contribution < 1.29 is 52.3 Å². The van der Waals surface area contributed by atoms with Crippen molar-refractivity contribution in [1.29, 1.82) is 0 Å². The topological polar surface area (TPSA) is 125 Å². The van der Waals surface area contributed by atoms with E-state index in [-0.39, 0.29) is 41.3 Å². The van der Waals surface area contributed by atoms with Crippen molar-refractivity contribution in [3.05, 3.63) is 23.5 Å². The van der Waals surface area contributed by atoms with Crippen LogP contribution in [0.5, 0.6) is 0 Å². The molecule has 11 nitrogen and oxygen atoms in total. The number of allylic oxidation sites excluding steroid dienone is 1. The van der Waals surface area contributed by atoms with Gasteiger partial charge in [-0.2, -0.15) is 0 Å². The van der Waals surface area contributed by atoms with Gasteiger partial charge in [-0.3, -0.25) is 14.4 Å². The fourth-order valence-corrected chi connectivity index (χ4v) is 8.52. The van der Waals surface area contributed by atoms with E-state index < -0.39 is 48.4 Å². The van der Waals surface area contributed by atoms with Gasteiger partial charge in [0.25, 0.3) is 0 Å². The van der Waals surface area contributed by atoms with Crippen LogP contribution in [-0.4, -0.2) is 80.3 Å². The molecule has 2 aliphatic carbocycles. The van der Waals surface area contributed by atoms with Gasteiger partial charge in [0.15, 0.2) is 18.5 Å². The minimum Gasteiger partial charge on any atom is -0.469 e. The average molecular weight is 605 g/mol. The Labute approximate surface area is 252 Å². The van der Waals surface area contributed by atoms with E-state index in [4.69, 9.17) is 37.9 Å². The molecule has 0 N–H and O–H groups in total. The lowest BCUT2D eigenvalue weighted by Gasteiger charge is -2.51. The highest BCUT2D eigenvalue weighted by atomic mass is 16.7. The maximum atomic E-state index is 13.6. The first-order chi connectivity index (χ1) is 20.4. The zero-order chi connectivity index (χ0) is 30.7. The van der Waals surface area contributed by atoms with Gasteiger partial charge in [-0.05, 0) is 62.4 Å². The maximum absolute atomic E-state index is 13.6. The molecule has 0 aromatic heterocycles. The molecule has 6 rings (SSSR count). The van der Waals surface area contributed by atoms with Gasteiger partial charge in [-0.1, -0.05) is 18.6 Å². The molecular weight excluding hydrogens is 560 g/mol. The molecule has 4 heterocycles. The van der Waals surface area contributed by atoms with E-state index in [0.717, 1.165) is 31.3 Å². The summed E-state index contributed by atoms with van der Waals surface area (Å²) in [4.78, 5) is 37.4. The molecule has 0 spiro atoms. The highest BCUT2D eigenvalue weighted by Gasteiger charge is 2.58. The van der Waals surface area contributed by atoms with Crippen LogP contribution in [-0.2, 0) is 52.3 Å². The van der Waals surface area contributed by atoms with Crippen LogP contribution in [0.1, 0.15) is 73.1 Å². The van der Waals surface area contributed by atoms with Crippen LogP contribution in [0, 0.1) is 23.2 Å². The van der Waals surface area contributed by atoms with E-state index in [1.54, 1.807) is 6.92 Å².